The molecule has 2 aromatic carbocycles. The molecule has 3 rings (SSSR count). The number of hydrogen-bond acceptors (Lipinski definition) is 6. The highest BCUT2D eigenvalue weighted by Gasteiger charge is 2.21. The third-order valence-corrected chi connectivity index (χ3v) is 5.45. The maximum absolute atomic E-state index is 12.7. The van der Waals surface area contributed by atoms with E-state index in [0.29, 0.717) is 11.4 Å². The van der Waals surface area contributed by atoms with E-state index >= 15 is 0 Å². The zero-order valence-electron chi connectivity index (χ0n) is 12.4. The molecular weight excluding hydrogens is 336 g/mol. The molecule has 1 heterocycles. The lowest BCUT2D eigenvalue weighted by molar-refractivity contribution is 0.392. The van der Waals surface area contributed by atoms with Crippen LogP contribution in [0.1, 0.15) is 0 Å². The maximum atomic E-state index is 12.7. The Bertz CT molecular complexity index is 951. The third-order valence-electron chi connectivity index (χ3n) is 3.27. The number of nitrogens with one attached hydrogen (secondary N) is 1. The highest BCUT2D eigenvalue weighted by atomic mass is 32.2. The van der Waals surface area contributed by atoms with E-state index in [2.05, 4.69) is 9.10 Å². The molecule has 1 aromatic heterocycles. The van der Waals surface area contributed by atoms with Crippen LogP contribution in [0.4, 0.5) is 5.69 Å². The Kier molecular flexibility index (Phi) is 4.10. The molecule has 6 nitrogen and oxygen atoms in total. The van der Waals surface area contributed by atoms with E-state index in [4.69, 9.17) is 9.47 Å². The van der Waals surface area contributed by atoms with Crippen molar-refractivity contribution in [3.8, 4) is 11.5 Å². The second-order valence-electron chi connectivity index (χ2n) is 4.70. The van der Waals surface area contributed by atoms with Crippen molar-refractivity contribution in [3.05, 3.63) is 42.6 Å². The topological polar surface area (TPSA) is 77.5 Å². The fourth-order valence-electron chi connectivity index (χ4n) is 2.14. The van der Waals surface area contributed by atoms with Gasteiger partial charge in [-0.15, -0.1) is 0 Å². The Morgan fingerprint density at radius 1 is 1.09 bits per heavy atom. The first kappa shape index (κ1) is 15.6. The standard InChI is InChI=1S/C15H14N2O4S2/c1-20-12-4-5-13(21-2)15(8-12)23(18,19)17-11-3-6-14-10(7-11)9-16-22-14/h3-9,17H,1-2H3. The van der Waals surface area contributed by atoms with Gasteiger partial charge in [0, 0.05) is 23.3 Å². The molecule has 23 heavy (non-hydrogen) atoms. The van der Waals surface area contributed by atoms with Gasteiger partial charge in [0.25, 0.3) is 10.0 Å². The second kappa shape index (κ2) is 6.05. The molecule has 0 aliphatic heterocycles. The van der Waals surface area contributed by atoms with Crippen LogP contribution in [0.3, 0.4) is 0 Å². The van der Waals surface area contributed by atoms with Gasteiger partial charge in [-0.1, -0.05) is 0 Å². The van der Waals surface area contributed by atoms with Gasteiger partial charge in [0.05, 0.1) is 18.9 Å². The Hall–Kier alpha value is -2.32. The summed E-state index contributed by atoms with van der Waals surface area (Å²) in [6.45, 7) is 0. The van der Waals surface area contributed by atoms with E-state index in [1.54, 1.807) is 30.5 Å². The minimum Gasteiger partial charge on any atom is -0.497 e. The summed E-state index contributed by atoms with van der Waals surface area (Å²) in [5, 5.41) is 0.882. The summed E-state index contributed by atoms with van der Waals surface area (Å²) in [5.41, 5.74) is 0.461. The quantitative estimate of drug-likeness (QED) is 0.765. The van der Waals surface area contributed by atoms with Crippen LogP contribution >= 0.6 is 11.5 Å². The highest BCUT2D eigenvalue weighted by molar-refractivity contribution is 7.92. The third kappa shape index (κ3) is 3.08. The number of benzene rings is 2. The zero-order chi connectivity index (χ0) is 16.4. The number of ether oxygens (including phenoxy) is 2. The number of rotatable bonds is 5. The number of nitrogens with zero attached hydrogens (tertiary/aromatic N) is 1. The lowest BCUT2D eigenvalue weighted by Gasteiger charge is -2.13. The van der Waals surface area contributed by atoms with Gasteiger partial charge in [0.1, 0.15) is 16.4 Å². The molecule has 0 bridgehead atoms. The summed E-state index contributed by atoms with van der Waals surface area (Å²) < 4.78 is 43.2. The summed E-state index contributed by atoms with van der Waals surface area (Å²) in [6.07, 6.45) is 1.70. The lowest BCUT2D eigenvalue weighted by Crippen LogP contribution is -2.14. The molecule has 0 radical (unpaired) electrons. The normalized spacial score (nSPS) is 11.4. The molecule has 0 saturated carbocycles. The van der Waals surface area contributed by atoms with Crippen LogP contribution in [0.25, 0.3) is 10.1 Å². The Balaban J connectivity index is 2.00. The minimum atomic E-state index is -3.81. The molecule has 0 atom stereocenters. The Morgan fingerprint density at radius 3 is 2.65 bits per heavy atom. The number of hydrogen-bond donors (Lipinski definition) is 1. The first-order chi connectivity index (χ1) is 11.0. The van der Waals surface area contributed by atoms with Gasteiger partial charge in [-0.3, -0.25) is 4.72 Å². The summed E-state index contributed by atoms with van der Waals surface area (Å²) >= 11 is 1.36. The van der Waals surface area contributed by atoms with E-state index in [0.717, 1.165) is 10.1 Å². The highest BCUT2D eigenvalue weighted by Crippen LogP contribution is 2.30. The van der Waals surface area contributed by atoms with Crippen LogP contribution in [0.2, 0.25) is 0 Å². The zero-order valence-corrected chi connectivity index (χ0v) is 14.1. The molecule has 3 aromatic rings. The van der Waals surface area contributed by atoms with Gasteiger partial charge in [0.2, 0.25) is 0 Å². The SMILES string of the molecule is COc1ccc(OC)c(S(=O)(=O)Nc2ccc3sncc3c2)c1. The fourth-order valence-corrected chi connectivity index (χ4v) is 4.00. The van der Waals surface area contributed by atoms with Gasteiger partial charge in [-0.05, 0) is 41.9 Å². The Labute approximate surface area is 137 Å². The molecular formula is C15H14N2O4S2. The predicted molar refractivity (Wildman–Crippen MR) is 90.0 cm³/mol. The number of anilines is 1. The Morgan fingerprint density at radius 2 is 1.91 bits per heavy atom. The van der Waals surface area contributed by atoms with Crippen LogP contribution in [0.15, 0.2) is 47.5 Å². The molecule has 0 spiro atoms. The number of aromatic nitrogens is 1. The number of fused-ring (bicyclic) bond motifs is 1. The molecule has 0 unspecified atom stereocenters. The first-order valence-electron chi connectivity index (χ1n) is 6.63. The van der Waals surface area contributed by atoms with Gasteiger partial charge in [-0.25, -0.2) is 8.42 Å². The van der Waals surface area contributed by atoms with Crippen LogP contribution in [0, 0.1) is 0 Å². The van der Waals surface area contributed by atoms with Crippen LogP contribution in [0.5, 0.6) is 11.5 Å². The van der Waals surface area contributed by atoms with Crippen molar-refractivity contribution in [2.75, 3.05) is 18.9 Å². The van der Waals surface area contributed by atoms with Crippen molar-refractivity contribution in [2.24, 2.45) is 0 Å². The van der Waals surface area contributed by atoms with Gasteiger partial charge < -0.3 is 9.47 Å². The molecule has 0 aliphatic carbocycles. The molecule has 1 N–H and O–H groups in total. The summed E-state index contributed by atoms with van der Waals surface area (Å²) in [4.78, 5) is 0.0166. The lowest BCUT2D eigenvalue weighted by atomic mass is 10.2. The van der Waals surface area contributed by atoms with E-state index in [1.165, 1.54) is 31.8 Å². The van der Waals surface area contributed by atoms with Gasteiger partial charge >= 0.3 is 0 Å². The molecule has 8 heteroatoms. The smallest absolute Gasteiger partial charge is 0.265 e. The fraction of sp³-hybridized carbons (Fsp3) is 0.133. The number of methoxy groups -OCH3 is 2. The average Bonchev–Trinajstić information content (AvgIpc) is 3.01. The molecule has 0 aliphatic rings. The van der Waals surface area contributed by atoms with Gasteiger partial charge in [-0.2, -0.15) is 4.37 Å². The van der Waals surface area contributed by atoms with Gasteiger partial charge in [0.15, 0.2) is 0 Å². The van der Waals surface area contributed by atoms with Crippen molar-refractivity contribution in [3.63, 3.8) is 0 Å². The largest absolute Gasteiger partial charge is 0.497 e. The van der Waals surface area contributed by atoms with E-state index in [-0.39, 0.29) is 10.6 Å². The van der Waals surface area contributed by atoms with Crippen molar-refractivity contribution < 1.29 is 17.9 Å². The minimum absolute atomic E-state index is 0.0166. The second-order valence-corrected chi connectivity index (χ2v) is 7.18. The van der Waals surface area contributed by atoms with E-state index in [1.807, 2.05) is 6.07 Å². The van der Waals surface area contributed by atoms with Crippen LogP contribution < -0.4 is 14.2 Å². The van der Waals surface area contributed by atoms with Crippen molar-refractivity contribution in [2.45, 2.75) is 4.90 Å². The summed E-state index contributed by atoms with van der Waals surface area (Å²) in [5.74, 6) is 0.681. The van der Waals surface area contributed by atoms with Crippen LogP contribution in [-0.2, 0) is 10.0 Å². The average molecular weight is 350 g/mol. The molecule has 120 valence electrons. The van der Waals surface area contributed by atoms with Crippen molar-refractivity contribution in [1.29, 1.82) is 0 Å². The maximum Gasteiger partial charge on any atom is 0.265 e. The molecule has 0 fully saturated rings. The summed E-state index contributed by atoms with van der Waals surface area (Å²) in [7, 11) is -0.917. The molecule has 0 amide bonds. The number of sulfonamides is 1. The summed E-state index contributed by atoms with van der Waals surface area (Å²) in [6, 6.07) is 9.88. The van der Waals surface area contributed by atoms with E-state index in [9.17, 15) is 8.42 Å². The molecule has 0 saturated heterocycles. The first-order valence-corrected chi connectivity index (χ1v) is 8.88. The van der Waals surface area contributed by atoms with Crippen molar-refractivity contribution in [1.82, 2.24) is 4.37 Å². The van der Waals surface area contributed by atoms with Crippen molar-refractivity contribution >= 4 is 37.3 Å². The monoisotopic (exact) mass is 350 g/mol. The van der Waals surface area contributed by atoms with E-state index < -0.39 is 10.0 Å². The predicted octanol–water partition coefficient (Wildman–Crippen LogP) is 3.11. The van der Waals surface area contributed by atoms with Crippen LogP contribution in [-0.4, -0.2) is 27.0 Å².